The van der Waals surface area contributed by atoms with Crippen LogP contribution >= 0.6 is 24.0 Å². The topological polar surface area (TPSA) is 50.4 Å². The van der Waals surface area contributed by atoms with Gasteiger partial charge in [-0.15, -0.1) is 24.0 Å². The first kappa shape index (κ1) is 16.8. The number of aliphatic imine (C=N–C) groups is 1. The van der Waals surface area contributed by atoms with Gasteiger partial charge < -0.3 is 11.1 Å². The van der Waals surface area contributed by atoms with Crippen molar-refractivity contribution in [2.75, 3.05) is 11.9 Å². The maximum Gasteiger partial charge on any atom is 0.193 e. The Labute approximate surface area is 149 Å². The molecular formula is C18H22IN3. The summed E-state index contributed by atoms with van der Waals surface area (Å²) in [5.74, 6) is 1.78. The maximum atomic E-state index is 5.94. The van der Waals surface area contributed by atoms with Crippen LogP contribution in [-0.4, -0.2) is 12.5 Å². The summed E-state index contributed by atoms with van der Waals surface area (Å²) in [7, 11) is 0. The van der Waals surface area contributed by atoms with Gasteiger partial charge in [-0.2, -0.15) is 0 Å². The lowest BCUT2D eigenvalue weighted by Crippen LogP contribution is -2.23. The Morgan fingerprint density at radius 2 is 1.82 bits per heavy atom. The fraction of sp³-hybridized carbons (Fsp3) is 0.278. The molecule has 0 aromatic heterocycles. The Morgan fingerprint density at radius 1 is 1.14 bits per heavy atom. The molecule has 2 atom stereocenters. The number of guanidine groups is 1. The Morgan fingerprint density at radius 3 is 2.50 bits per heavy atom. The van der Waals surface area contributed by atoms with Crippen molar-refractivity contribution >= 4 is 35.6 Å². The number of rotatable bonds is 4. The van der Waals surface area contributed by atoms with Crippen molar-refractivity contribution in [1.82, 2.24) is 0 Å². The van der Waals surface area contributed by atoms with E-state index in [9.17, 15) is 0 Å². The van der Waals surface area contributed by atoms with E-state index in [-0.39, 0.29) is 24.0 Å². The van der Waals surface area contributed by atoms with E-state index >= 15 is 0 Å². The fourth-order valence-electron chi connectivity index (χ4n) is 2.60. The Kier molecular flexibility index (Phi) is 5.83. The van der Waals surface area contributed by atoms with E-state index < -0.39 is 0 Å². The number of nitrogens with zero attached hydrogens (tertiary/aromatic N) is 1. The van der Waals surface area contributed by atoms with Gasteiger partial charge in [0.05, 0.1) is 0 Å². The summed E-state index contributed by atoms with van der Waals surface area (Å²) in [4.78, 5) is 4.46. The van der Waals surface area contributed by atoms with Gasteiger partial charge in [-0.25, -0.2) is 0 Å². The van der Waals surface area contributed by atoms with Gasteiger partial charge in [0.2, 0.25) is 0 Å². The highest BCUT2D eigenvalue weighted by Crippen LogP contribution is 2.47. The van der Waals surface area contributed by atoms with Gasteiger partial charge in [-0.3, -0.25) is 4.99 Å². The van der Waals surface area contributed by atoms with Crippen molar-refractivity contribution in [2.45, 2.75) is 19.3 Å². The minimum atomic E-state index is 0. The molecule has 1 saturated carbocycles. The molecule has 0 spiro atoms. The molecule has 22 heavy (non-hydrogen) atoms. The molecule has 1 aliphatic carbocycles. The predicted molar refractivity (Wildman–Crippen MR) is 104 cm³/mol. The van der Waals surface area contributed by atoms with E-state index in [1.54, 1.807) is 0 Å². The second-order valence-electron chi connectivity index (χ2n) is 5.73. The summed E-state index contributed by atoms with van der Waals surface area (Å²) >= 11 is 0. The molecule has 0 bridgehead atoms. The van der Waals surface area contributed by atoms with Crippen LogP contribution in [0.15, 0.2) is 59.6 Å². The van der Waals surface area contributed by atoms with Gasteiger partial charge in [0, 0.05) is 12.2 Å². The lowest BCUT2D eigenvalue weighted by molar-refractivity contribution is 0.809. The number of hydrogen-bond donors (Lipinski definition) is 2. The normalized spacial score (nSPS) is 20.1. The van der Waals surface area contributed by atoms with Crippen molar-refractivity contribution in [1.29, 1.82) is 0 Å². The SMILES string of the molecule is Cc1ccc(NC(N)=NCC2CC2c2ccccc2)cc1.I. The third-order valence-corrected chi connectivity index (χ3v) is 3.97. The summed E-state index contributed by atoms with van der Waals surface area (Å²) in [6.07, 6.45) is 1.21. The van der Waals surface area contributed by atoms with Crippen LogP contribution < -0.4 is 11.1 Å². The second-order valence-corrected chi connectivity index (χ2v) is 5.73. The van der Waals surface area contributed by atoms with Crippen LogP contribution in [0.2, 0.25) is 0 Å². The quantitative estimate of drug-likeness (QED) is 0.455. The number of hydrogen-bond acceptors (Lipinski definition) is 1. The van der Waals surface area contributed by atoms with Crippen LogP contribution in [0.25, 0.3) is 0 Å². The average molecular weight is 407 g/mol. The summed E-state index contributed by atoms with van der Waals surface area (Å²) in [5, 5.41) is 3.13. The first-order chi connectivity index (χ1) is 10.2. The smallest absolute Gasteiger partial charge is 0.193 e. The van der Waals surface area contributed by atoms with Crippen molar-refractivity contribution in [2.24, 2.45) is 16.6 Å². The van der Waals surface area contributed by atoms with Crippen LogP contribution in [0.1, 0.15) is 23.5 Å². The molecule has 0 amide bonds. The third-order valence-electron chi connectivity index (χ3n) is 3.97. The monoisotopic (exact) mass is 407 g/mol. The molecule has 3 N–H and O–H groups in total. The highest BCUT2D eigenvalue weighted by atomic mass is 127. The minimum Gasteiger partial charge on any atom is -0.370 e. The second kappa shape index (κ2) is 7.63. The first-order valence-corrected chi connectivity index (χ1v) is 7.41. The molecule has 2 aromatic carbocycles. The molecule has 0 aliphatic heterocycles. The lowest BCUT2D eigenvalue weighted by Gasteiger charge is -2.06. The Balaban J connectivity index is 0.00000176. The number of nitrogens with one attached hydrogen (secondary N) is 1. The largest absolute Gasteiger partial charge is 0.370 e. The molecule has 2 aromatic rings. The number of halogens is 1. The van der Waals surface area contributed by atoms with Gasteiger partial charge in [0.25, 0.3) is 0 Å². The standard InChI is InChI=1S/C18H21N3.HI/c1-13-7-9-16(10-8-13)21-18(19)20-12-15-11-17(15)14-5-3-2-4-6-14;/h2-10,15,17H,11-12H2,1H3,(H3,19,20,21);1H. The molecule has 4 heteroatoms. The van der Waals surface area contributed by atoms with E-state index in [1.165, 1.54) is 17.5 Å². The van der Waals surface area contributed by atoms with Gasteiger partial charge in [-0.1, -0.05) is 48.0 Å². The van der Waals surface area contributed by atoms with Crippen molar-refractivity contribution < 1.29 is 0 Å². The van der Waals surface area contributed by atoms with Crippen molar-refractivity contribution in [3.05, 3.63) is 65.7 Å². The molecular weight excluding hydrogens is 385 g/mol. The zero-order valence-electron chi connectivity index (χ0n) is 12.7. The molecule has 0 saturated heterocycles. The van der Waals surface area contributed by atoms with Crippen LogP contribution in [0.5, 0.6) is 0 Å². The maximum absolute atomic E-state index is 5.94. The first-order valence-electron chi connectivity index (χ1n) is 7.41. The van der Waals surface area contributed by atoms with E-state index in [0.717, 1.165) is 12.2 Å². The Bertz CT molecular complexity index is 623. The van der Waals surface area contributed by atoms with Gasteiger partial charge >= 0.3 is 0 Å². The molecule has 1 aliphatic rings. The molecule has 0 radical (unpaired) electrons. The van der Waals surface area contributed by atoms with E-state index in [0.29, 0.717) is 17.8 Å². The molecule has 116 valence electrons. The minimum absolute atomic E-state index is 0. The van der Waals surface area contributed by atoms with Crippen LogP contribution in [0.3, 0.4) is 0 Å². The fourth-order valence-corrected chi connectivity index (χ4v) is 2.60. The van der Waals surface area contributed by atoms with Crippen molar-refractivity contribution in [3.8, 4) is 0 Å². The average Bonchev–Trinajstić information content (AvgIpc) is 3.28. The van der Waals surface area contributed by atoms with Gasteiger partial charge in [0.1, 0.15) is 0 Å². The van der Waals surface area contributed by atoms with Crippen LogP contribution in [-0.2, 0) is 0 Å². The molecule has 3 nitrogen and oxygen atoms in total. The third kappa shape index (κ3) is 4.47. The van der Waals surface area contributed by atoms with E-state index in [1.807, 2.05) is 12.1 Å². The molecule has 1 fully saturated rings. The predicted octanol–water partition coefficient (Wildman–Crippen LogP) is 4.14. The summed E-state index contributed by atoms with van der Waals surface area (Å²) in [5.41, 5.74) is 9.58. The zero-order chi connectivity index (χ0) is 14.7. The Hall–Kier alpha value is -1.56. The summed E-state index contributed by atoms with van der Waals surface area (Å²) in [6, 6.07) is 18.8. The molecule has 0 heterocycles. The lowest BCUT2D eigenvalue weighted by atomic mass is 10.1. The van der Waals surface area contributed by atoms with E-state index in [2.05, 4.69) is 59.7 Å². The number of nitrogens with two attached hydrogens (primary N) is 1. The summed E-state index contributed by atoms with van der Waals surface area (Å²) < 4.78 is 0. The van der Waals surface area contributed by atoms with Crippen molar-refractivity contribution in [3.63, 3.8) is 0 Å². The highest BCUT2D eigenvalue weighted by molar-refractivity contribution is 14.0. The van der Waals surface area contributed by atoms with E-state index in [4.69, 9.17) is 5.73 Å². The van der Waals surface area contributed by atoms with Crippen LogP contribution in [0, 0.1) is 12.8 Å². The molecule has 3 rings (SSSR count). The number of benzene rings is 2. The number of anilines is 1. The van der Waals surface area contributed by atoms with Crippen LogP contribution in [0.4, 0.5) is 5.69 Å². The highest BCUT2D eigenvalue weighted by Gasteiger charge is 2.37. The zero-order valence-corrected chi connectivity index (χ0v) is 15.0. The summed E-state index contributed by atoms with van der Waals surface area (Å²) in [6.45, 7) is 2.86. The molecule has 2 unspecified atom stereocenters. The van der Waals surface area contributed by atoms with Gasteiger partial charge in [-0.05, 0) is 42.9 Å². The van der Waals surface area contributed by atoms with Gasteiger partial charge in [0.15, 0.2) is 5.96 Å². The number of aryl methyl sites for hydroxylation is 1.